The highest BCUT2D eigenvalue weighted by Crippen LogP contribution is 2.18. The lowest BCUT2D eigenvalue weighted by molar-refractivity contribution is -0.147. The van der Waals surface area contributed by atoms with Crippen LogP contribution in [0.1, 0.15) is 5.56 Å². The number of hydrogen-bond donors (Lipinski definition) is 2. The normalized spacial score (nSPS) is 10.4. The van der Waals surface area contributed by atoms with E-state index in [1.165, 1.54) is 0 Å². The maximum atomic E-state index is 12.2. The zero-order chi connectivity index (χ0) is 20.6. The second-order valence-electron chi connectivity index (χ2n) is 6.31. The summed E-state index contributed by atoms with van der Waals surface area (Å²) in [6.45, 7) is -0.752. The van der Waals surface area contributed by atoms with Gasteiger partial charge in [-0.3, -0.25) is 14.4 Å². The number of esters is 1. The van der Waals surface area contributed by atoms with Crippen LogP contribution in [0.2, 0.25) is 5.02 Å². The number of benzene rings is 3. The summed E-state index contributed by atoms with van der Waals surface area (Å²) < 4.78 is 4.88. The topological polar surface area (TPSA) is 84.5 Å². The average molecular weight is 411 g/mol. The fourth-order valence-electron chi connectivity index (χ4n) is 2.78. The smallest absolute Gasteiger partial charge is 0.325 e. The van der Waals surface area contributed by atoms with Crippen molar-refractivity contribution < 1.29 is 19.1 Å². The van der Waals surface area contributed by atoms with Gasteiger partial charge >= 0.3 is 5.97 Å². The van der Waals surface area contributed by atoms with Crippen LogP contribution in [0.15, 0.2) is 66.7 Å². The molecular weight excluding hydrogens is 392 g/mol. The van der Waals surface area contributed by atoms with Gasteiger partial charge in [0.15, 0.2) is 6.61 Å². The number of anilines is 1. The Morgan fingerprint density at radius 1 is 0.862 bits per heavy atom. The molecule has 3 aromatic rings. The third-order valence-electron chi connectivity index (χ3n) is 4.15. The van der Waals surface area contributed by atoms with Crippen molar-refractivity contribution in [3.8, 4) is 0 Å². The summed E-state index contributed by atoms with van der Waals surface area (Å²) in [4.78, 5) is 35.7. The van der Waals surface area contributed by atoms with Crippen LogP contribution in [-0.4, -0.2) is 30.9 Å². The minimum Gasteiger partial charge on any atom is -0.454 e. The predicted octanol–water partition coefficient (Wildman–Crippen LogP) is 3.33. The first-order valence-corrected chi connectivity index (χ1v) is 9.33. The Balaban J connectivity index is 1.42. The molecule has 0 saturated carbocycles. The van der Waals surface area contributed by atoms with Crippen molar-refractivity contribution >= 4 is 45.8 Å². The summed E-state index contributed by atoms with van der Waals surface area (Å²) in [6, 6.07) is 20.0. The Kier molecular flexibility index (Phi) is 6.81. The van der Waals surface area contributed by atoms with Crippen molar-refractivity contribution in [2.24, 2.45) is 0 Å². The fourth-order valence-corrected chi connectivity index (χ4v) is 2.91. The molecule has 0 heterocycles. The van der Waals surface area contributed by atoms with Gasteiger partial charge in [-0.15, -0.1) is 0 Å². The fraction of sp³-hybridized carbons (Fsp3) is 0.136. The number of carbonyl (C=O) groups is 3. The lowest BCUT2D eigenvalue weighted by Crippen LogP contribution is -2.33. The number of halogens is 1. The molecule has 0 radical (unpaired) electrons. The largest absolute Gasteiger partial charge is 0.454 e. The lowest BCUT2D eigenvalue weighted by Gasteiger charge is -2.09. The molecule has 0 spiro atoms. The SMILES string of the molecule is O=C(Cc1cccc2ccccc12)NCC(=O)OCC(=O)Nc1ccc(Cl)cc1. The van der Waals surface area contributed by atoms with Crippen LogP contribution >= 0.6 is 11.6 Å². The summed E-state index contributed by atoms with van der Waals surface area (Å²) >= 11 is 5.77. The quantitative estimate of drug-likeness (QED) is 0.585. The third kappa shape index (κ3) is 6.05. The summed E-state index contributed by atoms with van der Waals surface area (Å²) in [5, 5.41) is 7.68. The summed E-state index contributed by atoms with van der Waals surface area (Å²) in [7, 11) is 0. The highest BCUT2D eigenvalue weighted by Gasteiger charge is 2.11. The standard InChI is InChI=1S/C22H19ClN2O4/c23-17-8-10-18(11-9-17)25-21(27)14-29-22(28)13-24-20(26)12-16-6-3-5-15-4-1-2-7-19(15)16/h1-11H,12-14H2,(H,24,26)(H,25,27). The molecule has 0 atom stereocenters. The van der Waals surface area contributed by atoms with Gasteiger partial charge in [0, 0.05) is 10.7 Å². The van der Waals surface area contributed by atoms with Gasteiger partial charge in [-0.1, -0.05) is 54.1 Å². The van der Waals surface area contributed by atoms with Crippen LogP contribution in [0.3, 0.4) is 0 Å². The molecule has 0 fully saturated rings. The zero-order valence-electron chi connectivity index (χ0n) is 15.5. The molecule has 0 unspecified atom stereocenters. The van der Waals surface area contributed by atoms with Crippen molar-refractivity contribution in [1.82, 2.24) is 5.32 Å². The van der Waals surface area contributed by atoms with E-state index in [9.17, 15) is 14.4 Å². The summed E-state index contributed by atoms with van der Waals surface area (Å²) in [6.07, 6.45) is 0.145. The van der Waals surface area contributed by atoms with E-state index in [4.69, 9.17) is 16.3 Å². The number of rotatable bonds is 7. The maximum absolute atomic E-state index is 12.2. The molecule has 2 amide bonds. The number of ether oxygens (including phenoxy) is 1. The van der Waals surface area contributed by atoms with Crippen molar-refractivity contribution in [3.63, 3.8) is 0 Å². The molecule has 0 saturated heterocycles. The van der Waals surface area contributed by atoms with Gasteiger partial charge in [0.05, 0.1) is 6.42 Å². The molecule has 29 heavy (non-hydrogen) atoms. The van der Waals surface area contributed by atoms with Gasteiger partial charge in [0.2, 0.25) is 5.91 Å². The third-order valence-corrected chi connectivity index (χ3v) is 4.41. The van der Waals surface area contributed by atoms with Gasteiger partial charge in [-0.05, 0) is 40.6 Å². The van der Waals surface area contributed by atoms with E-state index in [1.54, 1.807) is 24.3 Å². The van der Waals surface area contributed by atoms with E-state index in [2.05, 4.69) is 10.6 Å². The van der Waals surface area contributed by atoms with Crippen molar-refractivity contribution in [2.75, 3.05) is 18.5 Å². The molecule has 0 bridgehead atoms. The minimum absolute atomic E-state index is 0.145. The first kappa shape index (κ1) is 20.4. The highest BCUT2D eigenvalue weighted by molar-refractivity contribution is 6.30. The number of fused-ring (bicyclic) bond motifs is 1. The zero-order valence-corrected chi connectivity index (χ0v) is 16.2. The Morgan fingerprint density at radius 3 is 2.38 bits per heavy atom. The molecule has 3 aromatic carbocycles. The van der Waals surface area contributed by atoms with Crippen molar-refractivity contribution in [3.05, 3.63) is 77.3 Å². The van der Waals surface area contributed by atoms with Gasteiger partial charge < -0.3 is 15.4 Å². The molecule has 0 aromatic heterocycles. The van der Waals surface area contributed by atoms with Gasteiger partial charge in [0.1, 0.15) is 6.54 Å². The Labute approximate surface area is 172 Å². The highest BCUT2D eigenvalue weighted by atomic mass is 35.5. The van der Waals surface area contributed by atoms with E-state index < -0.39 is 18.5 Å². The van der Waals surface area contributed by atoms with E-state index in [-0.39, 0.29) is 18.9 Å². The van der Waals surface area contributed by atoms with Crippen LogP contribution in [0, 0.1) is 0 Å². The molecule has 148 valence electrons. The first-order chi connectivity index (χ1) is 14.0. The number of amides is 2. The lowest BCUT2D eigenvalue weighted by atomic mass is 10.0. The Bertz CT molecular complexity index is 1030. The van der Waals surface area contributed by atoms with Crippen LogP contribution in [-0.2, 0) is 25.5 Å². The molecule has 0 aliphatic rings. The second kappa shape index (κ2) is 9.71. The van der Waals surface area contributed by atoms with Crippen LogP contribution in [0.4, 0.5) is 5.69 Å². The van der Waals surface area contributed by atoms with Gasteiger partial charge in [0.25, 0.3) is 5.91 Å². The van der Waals surface area contributed by atoms with Crippen LogP contribution in [0.25, 0.3) is 10.8 Å². The van der Waals surface area contributed by atoms with Crippen LogP contribution < -0.4 is 10.6 Å². The minimum atomic E-state index is -0.692. The maximum Gasteiger partial charge on any atom is 0.325 e. The monoisotopic (exact) mass is 410 g/mol. The predicted molar refractivity (Wildman–Crippen MR) is 112 cm³/mol. The van der Waals surface area contributed by atoms with E-state index in [1.807, 2.05) is 42.5 Å². The molecule has 3 rings (SSSR count). The van der Waals surface area contributed by atoms with Crippen molar-refractivity contribution in [2.45, 2.75) is 6.42 Å². The van der Waals surface area contributed by atoms with E-state index in [0.717, 1.165) is 16.3 Å². The molecular formula is C22H19ClN2O4. The number of carbonyl (C=O) groups excluding carboxylic acids is 3. The molecule has 2 N–H and O–H groups in total. The Hall–Kier alpha value is -3.38. The van der Waals surface area contributed by atoms with Gasteiger partial charge in [-0.2, -0.15) is 0 Å². The van der Waals surface area contributed by atoms with E-state index >= 15 is 0 Å². The second-order valence-corrected chi connectivity index (χ2v) is 6.74. The Morgan fingerprint density at radius 2 is 1.59 bits per heavy atom. The van der Waals surface area contributed by atoms with Crippen LogP contribution in [0.5, 0.6) is 0 Å². The van der Waals surface area contributed by atoms with Crippen molar-refractivity contribution in [1.29, 1.82) is 0 Å². The number of nitrogens with one attached hydrogen (secondary N) is 2. The number of hydrogen-bond acceptors (Lipinski definition) is 4. The summed E-state index contributed by atoms with van der Waals surface area (Å²) in [5.41, 5.74) is 1.41. The first-order valence-electron chi connectivity index (χ1n) is 8.95. The molecule has 6 nitrogen and oxygen atoms in total. The molecule has 7 heteroatoms. The van der Waals surface area contributed by atoms with E-state index in [0.29, 0.717) is 10.7 Å². The summed E-state index contributed by atoms with van der Waals surface area (Å²) in [5.74, 6) is -1.48. The molecule has 0 aliphatic heterocycles. The van der Waals surface area contributed by atoms with Gasteiger partial charge in [-0.25, -0.2) is 0 Å². The molecule has 0 aliphatic carbocycles. The average Bonchev–Trinajstić information content (AvgIpc) is 2.73.